The number of fused-ring (bicyclic) bond motifs is 1. The van der Waals surface area contributed by atoms with Crippen molar-refractivity contribution < 1.29 is 13.2 Å². The molecular weight excluding hydrogens is 551 g/mol. The molecule has 0 spiro atoms. The molecule has 2 heterocycles. The van der Waals surface area contributed by atoms with Gasteiger partial charge in [-0.2, -0.15) is 5.10 Å². The molecule has 6 nitrogen and oxygen atoms in total. The summed E-state index contributed by atoms with van der Waals surface area (Å²) in [5, 5.41) is 7.01. The number of benzene rings is 3. The van der Waals surface area contributed by atoms with Crippen molar-refractivity contribution in [2.24, 2.45) is 16.7 Å². The number of rotatable bonds is 8. The quantitative estimate of drug-likeness (QED) is 0.0810. The fraction of sp³-hybridized carbons (Fsp3) is 0.303. The molecule has 0 radical (unpaired) electrons. The number of hydrogen-bond acceptors (Lipinski definition) is 6. The topological polar surface area (TPSA) is 108 Å². The molecule has 1 aromatic heterocycles. The van der Waals surface area contributed by atoms with Gasteiger partial charge in [0.25, 0.3) is 0 Å². The number of nitrogens with two attached hydrogens (primary N) is 2. The predicted octanol–water partition coefficient (Wildman–Crippen LogP) is 6.48. The molecule has 0 bridgehead atoms. The lowest BCUT2D eigenvalue weighted by molar-refractivity contribution is 0.306. The average Bonchev–Trinajstić information content (AvgIpc) is 3.39. The molecule has 0 saturated carbocycles. The number of amidine groups is 1. The first-order chi connectivity index (χ1) is 19.8. The number of hydrogen-bond donors (Lipinski definition) is 2. The normalized spacial score (nSPS) is 16.2. The van der Waals surface area contributed by atoms with Crippen molar-refractivity contribution in [3.8, 4) is 28.7 Å². The summed E-state index contributed by atoms with van der Waals surface area (Å²) in [4.78, 5) is 0. The summed E-state index contributed by atoms with van der Waals surface area (Å²) in [5.41, 5.74) is 12.8. The first-order valence-electron chi connectivity index (χ1n) is 13.7. The summed E-state index contributed by atoms with van der Waals surface area (Å²) in [5.74, 6) is 13.4. The van der Waals surface area contributed by atoms with Crippen LogP contribution in [-0.4, -0.2) is 25.8 Å². The summed E-state index contributed by atoms with van der Waals surface area (Å²) in [6, 6.07) is 21.0. The molecule has 1 unspecified atom stereocenters. The van der Waals surface area contributed by atoms with Gasteiger partial charge in [-0.05, 0) is 90.1 Å². The summed E-state index contributed by atoms with van der Waals surface area (Å²) < 4.78 is 31.1. The van der Waals surface area contributed by atoms with Crippen LogP contribution in [0, 0.1) is 18.8 Å². The van der Waals surface area contributed by atoms with Crippen LogP contribution in [0.5, 0.6) is 5.75 Å². The minimum absolute atomic E-state index is 0.0721. The van der Waals surface area contributed by atoms with Gasteiger partial charge in [-0.3, -0.25) is 0 Å². The zero-order valence-electron chi connectivity index (χ0n) is 23.4. The number of hydrazone groups is 1. The highest BCUT2D eigenvalue weighted by Gasteiger charge is 2.25. The second kappa shape index (κ2) is 12.4. The van der Waals surface area contributed by atoms with Gasteiger partial charge in [0.1, 0.15) is 28.0 Å². The van der Waals surface area contributed by atoms with Gasteiger partial charge in [0.15, 0.2) is 0 Å². The van der Waals surface area contributed by atoms with Crippen molar-refractivity contribution in [2.75, 3.05) is 11.5 Å². The van der Waals surface area contributed by atoms with E-state index in [1.807, 2.05) is 24.3 Å². The molecule has 4 N–H and O–H groups in total. The number of thiophene rings is 1. The fourth-order valence-electron chi connectivity index (χ4n) is 5.49. The second-order valence-corrected chi connectivity index (χ2v) is 13.8. The zero-order chi connectivity index (χ0) is 29.0. The van der Waals surface area contributed by atoms with E-state index in [0.717, 1.165) is 16.9 Å². The lowest BCUT2D eigenvalue weighted by Crippen LogP contribution is -2.22. The average molecular weight is 586 g/mol. The van der Waals surface area contributed by atoms with Crippen LogP contribution >= 0.6 is 11.3 Å². The SMILES string of the molecule is CC#CC(C/C(N)=N/N)c1ccc(OCc2ccc3scc(-c4ccc(C5CCS(=O)(=O)CC5)cc4C)c3c2)cc1. The Hall–Kier alpha value is -3.80. The van der Waals surface area contributed by atoms with Crippen LogP contribution < -0.4 is 16.3 Å². The fourth-order valence-corrected chi connectivity index (χ4v) is 7.92. The van der Waals surface area contributed by atoms with Crippen LogP contribution in [-0.2, 0) is 16.4 Å². The van der Waals surface area contributed by atoms with Gasteiger partial charge in [0.05, 0.1) is 17.4 Å². The molecule has 212 valence electrons. The molecule has 1 aliphatic rings. The van der Waals surface area contributed by atoms with Crippen molar-refractivity contribution in [3.05, 3.63) is 88.3 Å². The molecule has 1 atom stereocenters. The summed E-state index contributed by atoms with van der Waals surface area (Å²) in [7, 11) is -2.87. The Kier molecular flexibility index (Phi) is 8.67. The van der Waals surface area contributed by atoms with E-state index in [1.54, 1.807) is 18.3 Å². The summed E-state index contributed by atoms with van der Waals surface area (Å²) in [6.07, 6.45) is 1.90. The van der Waals surface area contributed by atoms with Crippen LogP contribution in [0.2, 0.25) is 0 Å². The maximum absolute atomic E-state index is 11.9. The maximum Gasteiger partial charge on any atom is 0.150 e. The van der Waals surface area contributed by atoms with E-state index in [1.165, 1.54) is 32.3 Å². The molecule has 0 amide bonds. The first kappa shape index (κ1) is 28.7. The molecular formula is C33H35N3O3S2. The minimum atomic E-state index is -2.87. The van der Waals surface area contributed by atoms with E-state index in [4.69, 9.17) is 16.3 Å². The maximum atomic E-state index is 11.9. The van der Waals surface area contributed by atoms with E-state index < -0.39 is 9.84 Å². The Labute approximate surface area is 246 Å². The van der Waals surface area contributed by atoms with Gasteiger partial charge in [0, 0.05) is 22.1 Å². The monoisotopic (exact) mass is 585 g/mol. The van der Waals surface area contributed by atoms with Gasteiger partial charge in [0.2, 0.25) is 0 Å². The minimum Gasteiger partial charge on any atom is -0.489 e. The molecule has 1 fully saturated rings. The van der Waals surface area contributed by atoms with Crippen molar-refractivity contribution in [1.82, 2.24) is 0 Å². The Morgan fingerprint density at radius 2 is 1.83 bits per heavy atom. The van der Waals surface area contributed by atoms with Crippen LogP contribution in [0.4, 0.5) is 0 Å². The van der Waals surface area contributed by atoms with E-state index >= 15 is 0 Å². The van der Waals surface area contributed by atoms with Gasteiger partial charge in [-0.25, -0.2) is 8.42 Å². The van der Waals surface area contributed by atoms with Gasteiger partial charge in [-0.1, -0.05) is 42.3 Å². The smallest absolute Gasteiger partial charge is 0.150 e. The number of ether oxygens (including phenoxy) is 1. The largest absolute Gasteiger partial charge is 0.489 e. The molecule has 1 aliphatic heterocycles. The Bertz CT molecular complexity index is 1730. The Balaban J connectivity index is 1.30. The lowest BCUT2D eigenvalue weighted by Gasteiger charge is -2.23. The van der Waals surface area contributed by atoms with E-state index in [0.29, 0.717) is 37.6 Å². The van der Waals surface area contributed by atoms with Crippen LogP contribution in [0.25, 0.3) is 21.2 Å². The number of nitrogens with zero attached hydrogens (tertiary/aromatic N) is 1. The van der Waals surface area contributed by atoms with Crippen molar-refractivity contribution in [1.29, 1.82) is 0 Å². The second-order valence-electron chi connectivity index (χ2n) is 10.6. The Morgan fingerprint density at radius 3 is 2.51 bits per heavy atom. The van der Waals surface area contributed by atoms with Crippen molar-refractivity contribution >= 4 is 37.1 Å². The summed E-state index contributed by atoms with van der Waals surface area (Å²) >= 11 is 1.74. The molecule has 1 saturated heterocycles. The lowest BCUT2D eigenvalue weighted by atomic mass is 9.89. The van der Waals surface area contributed by atoms with E-state index in [9.17, 15) is 8.42 Å². The number of aryl methyl sites for hydroxylation is 1. The van der Waals surface area contributed by atoms with Gasteiger partial charge in [-0.15, -0.1) is 17.3 Å². The van der Waals surface area contributed by atoms with Gasteiger partial charge < -0.3 is 16.3 Å². The summed E-state index contributed by atoms with van der Waals surface area (Å²) in [6.45, 7) is 4.41. The predicted molar refractivity (Wildman–Crippen MR) is 170 cm³/mol. The molecule has 3 aromatic carbocycles. The molecule has 41 heavy (non-hydrogen) atoms. The highest BCUT2D eigenvalue weighted by atomic mass is 32.2. The van der Waals surface area contributed by atoms with Gasteiger partial charge >= 0.3 is 0 Å². The van der Waals surface area contributed by atoms with E-state index in [2.05, 4.69) is 65.6 Å². The highest BCUT2D eigenvalue weighted by molar-refractivity contribution is 7.91. The molecule has 0 aliphatic carbocycles. The zero-order valence-corrected chi connectivity index (χ0v) is 25.0. The standard InChI is InChI=1S/C33H35N3O3S2/c1-3-4-26(19-33(34)36-35)24-6-9-28(10-7-24)39-20-23-5-12-32-30(18-23)31(21-40-32)29-11-8-27(17-22(29)2)25-13-15-41(37,38)16-14-25/h5-12,17-18,21,25-26H,13-16,19-20,35H2,1-2H3,(H2,34,36). The van der Waals surface area contributed by atoms with Crippen molar-refractivity contribution in [3.63, 3.8) is 0 Å². The van der Waals surface area contributed by atoms with Crippen LogP contribution in [0.15, 0.2) is 71.1 Å². The highest BCUT2D eigenvalue weighted by Crippen LogP contribution is 2.38. The molecule has 8 heteroatoms. The molecule has 5 rings (SSSR count). The number of sulfone groups is 1. The Morgan fingerprint density at radius 1 is 1.07 bits per heavy atom. The third-order valence-electron chi connectivity index (χ3n) is 7.79. The molecule has 4 aromatic rings. The van der Waals surface area contributed by atoms with E-state index in [-0.39, 0.29) is 17.4 Å². The first-order valence-corrected chi connectivity index (χ1v) is 16.4. The third kappa shape index (κ3) is 6.75. The van der Waals surface area contributed by atoms with Crippen LogP contribution in [0.3, 0.4) is 0 Å². The third-order valence-corrected chi connectivity index (χ3v) is 10.5. The van der Waals surface area contributed by atoms with Crippen molar-refractivity contribution in [2.45, 2.75) is 51.6 Å². The van der Waals surface area contributed by atoms with Crippen LogP contribution in [0.1, 0.15) is 60.3 Å².